The number of rotatable bonds is 1. The van der Waals surface area contributed by atoms with E-state index in [1.54, 1.807) is 0 Å². The zero-order valence-electron chi connectivity index (χ0n) is 13.7. The minimum atomic E-state index is -0.0442. The molecule has 0 radical (unpaired) electrons. The molecule has 124 valence electrons. The van der Waals surface area contributed by atoms with E-state index in [9.17, 15) is 0 Å². The molecular formula is C19H22N4O. The van der Waals surface area contributed by atoms with Crippen molar-refractivity contribution in [2.24, 2.45) is 10.9 Å². The predicted molar refractivity (Wildman–Crippen MR) is 95.3 cm³/mol. The van der Waals surface area contributed by atoms with E-state index in [4.69, 9.17) is 4.74 Å². The van der Waals surface area contributed by atoms with Crippen LogP contribution in [0.1, 0.15) is 19.3 Å². The number of aliphatic imine (C=N–C) groups is 1. The normalized spacial score (nSPS) is 31.8. The molecule has 2 aromatic rings. The number of piperidine rings is 3. The zero-order valence-corrected chi connectivity index (χ0v) is 13.7. The Morgan fingerprint density at radius 2 is 2.00 bits per heavy atom. The van der Waals surface area contributed by atoms with Crippen LogP contribution in [0.5, 0.6) is 0 Å². The largest absolute Gasteiger partial charge is 0.457 e. The Balaban J connectivity index is 1.38. The molecule has 5 heteroatoms. The van der Waals surface area contributed by atoms with Gasteiger partial charge in [0, 0.05) is 30.8 Å². The van der Waals surface area contributed by atoms with Gasteiger partial charge in [-0.15, -0.1) is 0 Å². The molecule has 4 aliphatic rings. The van der Waals surface area contributed by atoms with Crippen LogP contribution in [0, 0.1) is 5.92 Å². The van der Waals surface area contributed by atoms with Gasteiger partial charge in [0.15, 0.2) is 0 Å². The SMILES string of the molecule is c1ccc2nc(NC3=NCCC4(CN5CCC4CC5)O3)ccc2c1. The maximum Gasteiger partial charge on any atom is 0.290 e. The number of aromatic nitrogens is 1. The van der Waals surface area contributed by atoms with E-state index >= 15 is 0 Å². The summed E-state index contributed by atoms with van der Waals surface area (Å²) in [6.45, 7) is 4.33. The number of anilines is 1. The van der Waals surface area contributed by atoms with Gasteiger partial charge in [-0.1, -0.05) is 18.2 Å². The van der Waals surface area contributed by atoms with Gasteiger partial charge < -0.3 is 4.74 Å². The molecule has 1 spiro atoms. The first-order valence-corrected chi connectivity index (χ1v) is 8.89. The summed E-state index contributed by atoms with van der Waals surface area (Å²) in [7, 11) is 0. The van der Waals surface area contributed by atoms with E-state index in [-0.39, 0.29) is 5.60 Å². The van der Waals surface area contributed by atoms with Crippen LogP contribution in [-0.4, -0.2) is 47.7 Å². The molecule has 6 rings (SSSR count). The molecule has 0 aliphatic carbocycles. The van der Waals surface area contributed by atoms with Gasteiger partial charge in [-0.25, -0.2) is 9.98 Å². The number of ether oxygens (including phenoxy) is 1. The first kappa shape index (κ1) is 14.2. The Morgan fingerprint density at radius 3 is 2.83 bits per heavy atom. The quantitative estimate of drug-likeness (QED) is 0.877. The number of nitrogens with zero attached hydrogens (tertiary/aromatic N) is 3. The molecule has 1 atom stereocenters. The van der Waals surface area contributed by atoms with Gasteiger partial charge in [0.1, 0.15) is 11.4 Å². The topological polar surface area (TPSA) is 49.8 Å². The summed E-state index contributed by atoms with van der Waals surface area (Å²) in [6.07, 6.45) is 3.54. The fourth-order valence-corrected chi connectivity index (χ4v) is 4.46. The second-order valence-electron chi connectivity index (χ2n) is 7.17. The van der Waals surface area contributed by atoms with Crippen molar-refractivity contribution in [3.05, 3.63) is 36.4 Å². The van der Waals surface area contributed by atoms with Crippen molar-refractivity contribution in [2.75, 3.05) is 31.5 Å². The van der Waals surface area contributed by atoms with E-state index in [0.29, 0.717) is 11.9 Å². The van der Waals surface area contributed by atoms with E-state index in [1.165, 1.54) is 25.9 Å². The third-order valence-corrected chi connectivity index (χ3v) is 5.75. The molecule has 24 heavy (non-hydrogen) atoms. The molecule has 2 bridgehead atoms. The highest BCUT2D eigenvalue weighted by Crippen LogP contribution is 2.42. The Hall–Kier alpha value is -2.14. The minimum absolute atomic E-state index is 0.0442. The number of pyridine rings is 1. The maximum atomic E-state index is 6.42. The van der Waals surface area contributed by atoms with Crippen molar-refractivity contribution < 1.29 is 4.74 Å². The lowest BCUT2D eigenvalue weighted by atomic mass is 9.73. The standard InChI is InChI=1S/C19H22N4O/c1-2-4-16-14(3-1)5-6-17(21-16)22-18-20-10-9-19(24-18)13-23-11-7-15(19)8-12-23/h1-6,15H,7-13H2,(H,20,21,22). The minimum Gasteiger partial charge on any atom is -0.457 e. The van der Waals surface area contributed by atoms with Gasteiger partial charge in [-0.05, 0) is 44.1 Å². The number of para-hydroxylation sites is 1. The van der Waals surface area contributed by atoms with Gasteiger partial charge in [0.25, 0.3) is 6.02 Å². The maximum absolute atomic E-state index is 6.42. The van der Waals surface area contributed by atoms with Crippen molar-refractivity contribution in [1.29, 1.82) is 0 Å². The first-order valence-electron chi connectivity index (χ1n) is 8.89. The van der Waals surface area contributed by atoms with Crippen LogP contribution in [0.25, 0.3) is 10.9 Å². The fourth-order valence-electron chi connectivity index (χ4n) is 4.46. The molecule has 0 saturated carbocycles. The van der Waals surface area contributed by atoms with Gasteiger partial charge in [-0.3, -0.25) is 10.2 Å². The third-order valence-electron chi connectivity index (χ3n) is 5.75. The summed E-state index contributed by atoms with van der Waals surface area (Å²) >= 11 is 0. The van der Waals surface area contributed by atoms with Crippen LogP contribution in [0.2, 0.25) is 0 Å². The molecule has 5 nitrogen and oxygen atoms in total. The van der Waals surface area contributed by atoms with Gasteiger partial charge in [-0.2, -0.15) is 0 Å². The summed E-state index contributed by atoms with van der Waals surface area (Å²) in [4.78, 5) is 11.8. The summed E-state index contributed by atoms with van der Waals surface area (Å²) in [6, 6.07) is 12.8. The van der Waals surface area contributed by atoms with Crippen LogP contribution >= 0.6 is 0 Å². The molecule has 1 N–H and O–H groups in total. The summed E-state index contributed by atoms with van der Waals surface area (Å²) < 4.78 is 6.42. The number of benzene rings is 1. The summed E-state index contributed by atoms with van der Waals surface area (Å²) in [5, 5.41) is 4.44. The average Bonchev–Trinajstić information content (AvgIpc) is 2.62. The lowest BCUT2D eigenvalue weighted by molar-refractivity contribution is -0.109. The van der Waals surface area contributed by atoms with E-state index in [0.717, 1.165) is 36.2 Å². The average molecular weight is 322 g/mol. The molecule has 4 aliphatic heterocycles. The van der Waals surface area contributed by atoms with Gasteiger partial charge >= 0.3 is 0 Å². The van der Waals surface area contributed by atoms with E-state index < -0.39 is 0 Å². The van der Waals surface area contributed by atoms with Crippen LogP contribution in [-0.2, 0) is 4.74 Å². The Morgan fingerprint density at radius 1 is 1.12 bits per heavy atom. The van der Waals surface area contributed by atoms with Crippen LogP contribution in [0.15, 0.2) is 41.4 Å². The van der Waals surface area contributed by atoms with E-state index in [1.807, 2.05) is 24.3 Å². The van der Waals surface area contributed by atoms with Crippen LogP contribution in [0.3, 0.4) is 0 Å². The third kappa shape index (κ3) is 2.35. The number of amidine groups is 1. The van der Waals surface area contributed by atoms with Gasteiger partial charge in [0.2, 0.25) is 0 Å². The Kier molecular flexibility index (Phi) is 3.23. The molecule has 1 aromatic carbocycles. The van der Waals surface area contributed by atoms with Crippen molar-refractivity contribution in [3.63, 3.8) is 0 Å². The Labute approximate surface area is 141 Å². The molecule has 1 aromatic heterocycles. The highest BCUT2D eigenvalue weighted by atomic mass is 16.5. The molecular weight excluding hydrogens is 300 g/mol. The number of hydrogen-bond donors (Lipinski definition) is 1. The van der Waals surface area contributed by atoms with Crippen molar-refractivity contribution in [1.82, 2.24) is 9.88 Å². The van der Waals surface area contributed by atoms with Crippen molar-refractivity contribution in [3.8, 4) is 0 Å². The van der Waals surface area contributed by atoms with Gasteiger partial charge in [0.05, 0.1) is 5.52 Å². The monoisotopic (exact) mass is 322 g/mol. The summed E-state index contributed by atoms with van der Waals surface area (Å²) in [5.74, 6) is 1.46. The number of nitrogens with one attached hydrogen (secondary N) is 1. The Bertz CT molecular complexity index is 797. The van der Waals surface area contributed by atoms with Crippen LogP contribution < -0.4 is 5.32 Å². The fraction of sp³-hybridized carbons (Fsp3) is 0.474. The first-order chi connectivity index (χ1) is 11.8. The molecule has 1 unspecified atom stereocenters. The van der Waals surface area contributed by atoms with Crippen LogP contribution in [0.4, 0.5) is 5.82 Å². The zero-order chi connectivity index (χ0) is 16.0. The number of fused-ring (bicyclic) bond motifs is 3. The second-order valence-corrected chi connectivity index (χ2v) is 7.17. The lowest BCUT2D eigenvalue weighted by Crippen LogP contribution is -2.62. The highest BCUT2D eigenvalue weighted by Gasteiger charge is 2.50. The molecule has 3 saturated heterocycles. The molecule has 5 heterocycles. The van der Waals surface area contributed by atoms with E-state index in [2.05, 4.69) is 32.3 Å². The second kappa shape index (κ2) is 5.45. The number of hydrogen-bond acceptors (Lipinski definition) is 5. The smallest absolute Gasteiger partial charge is 0.290 e. The summed E-state index contributed by atoms with van der Waals surface area (Å²) in [5.41, 5.74) is 0.939. The highest BCUT2D eigenvalue weighted by molar-refractivity contribution is 5.90. The van der Waals surface area contributed by atoms with Crippen molar-refractivity contribution in [2.45, 2.75) is 24.9 Å². The predicted octanol–water partition coefficient (Wildman–Crippen LogP) is 2.89. The van der Waals surface area contributed by atoms with Crippen molar-refractivity contribution >= 4 is 22.7 Å². The lowest BCUT2D eigenvalue weighted by Gasteiger charge is -2.53. The molecule has 3 fully saturated rings. The molecule has 0 amide bonds.